The van der Waals surface area contributed by atoms with E-state index in [1.165, 1.54) is 0 Å². The molecule has 90 valence electrons. The van der Waals surface area contributed by atoms with Crippen molar-refractivity contribution in [2.24, 2.45) is 5.92 Å². The monoisotopic (exact) mass is 224 g/mol. The second kappa shape index (κ2) is 6.49. The molecule has 0 aromatic heterocycles. The van der Waals surface area contributed by atoms with Gasteiger partial charge in [0.05, 0.1) is 18.6 Å². The molecule has 0 saturated carbocycles. The highest BCUT2D eigenvalue weighted by atomic mass is 16.5. The number of rotatable bonds is 4. The van der Waals surface area contributed by atoms with Crippen LogP contribution in [-0.4, -0.2) is 36.6 Å². The zero-order valence-corrected chi connectivity index (χ0v) is 10.1. The number of nitrogens with zero attached hydrogens (tertiary/aromatic N) is 2. The summed E-state index contributed by atoms with van der Waals surface area (Å²) in [6.07, 6.45) is 3.03. The first kappa shape index (κ1) is 13.0. The van der Waals surface area contributed by atoms with Crippen molar-refractivity contribution >= 4 is 5.97 Å². The Morgan fingerprint density at radius 3 is 3.00 bits per heavy atom. The van der Waals surface area contributed by atoms with E-state index in [9.17, 15) is 4.79 Å². The van der Waals surface area contributed by atoms with Gasteiger partial charge in [-0.1, -0.05) is 6.42 Å². The first-order valence-corrected chi connectivity index (χ1v) is 5.99. The fraction of sp³-hybridized carbons (Fsp3) is 0.833. The van der Waals surface area contributed by atoms with Crippen molar-refractivity contribution in [1.29, 1.82) is 5.26 Å². The zero-order valence-electron chi connectivity index (χ0n) is 10.1. The number of likely N-dealkylation sites (tertiary alicyclic amines) is 1. The Balaban J connectivity index is 2.57. The van der Waals surface area contributed by atoms with Gasteiger partial charge >= 0.3 is 5.97 Å². The smallest absolute Gasteiger partial charge is 0.323 e. The van der Waals surface area contributed by atoms with Crippen LogP contribution in [0.1, 0.15) is 33.1 Å². The lowest BCUT2D eigenvalue weighted by molar-refractivity contribution is -0.151. The van der Waals surface area contributed by atoms with Crippen molar-refractivity contribution in [1.82, 2.24) is 4.90 Å². The van der Waals surface area contributed by atoms with Crippen LogP contribution in [-0.2, 0) is 9.53 Å². The molecule has 0 bridgehead atoms. The Morgan fingerprint density at radius 1 is 1.62 bits per heavy atom. The molecule has 1 heterocycles. The molecule has 2 unspecified atom stereocenters. The van der Waals surface area contributed by atoms with Gasteiger partial charge in [-0.05, 0) is 33.2 Å². The van der Waals surface area contributed by atoms with E-state index in [0.29, 0.717) is 13.2 Å². The van der Waals surface area contributed by atoms with Crippen LogP contribution in [0, 0.1) is 17.2 Å². The first-order chi connectivity index (χ1) is 7.69. The Kier molecular flexibility index (Phi) is 5.27. The van der Waals surface area contributed by atoms with E-state index in [1.807, 2.05) is 13.8 Å². The number of hydrogen-bond acceptors (Lipinski definition) is 4. The molecule has 0 spiro atoms. The highest BCUT2D eigenvalue weighted by Crippen LogP contribution is 2.19. The Bertz CT molecular complexity index is 273. The number of esters is 1. The van der Waals surface area contributed by atoms with Gasteiger partial charge in [-0.15, -0.1) is 0 Å². The van der Waals surface area contributed by atoms with Crippen LogP contribution >= 0.6 is 0 Å². The van der Waals surface area contributed by atoms with E-state index < -0.39 is 0 Å². The van der Waals surface area contributed by atoms with Gasteiger partial charge in [0.2, 0.25) is 0 Å². The molecule has 1 fully saturated rings. The molecule has 1 aliphatic heterocycles. The van der Waals surface area contributed by atoms with Crippen molar-refractivity contribution in [3.63, 3.8) is 0 Å². The average Bonchev–Trinajstić information content (AvgIpc) is 2.30. The summed E-state index contributed by atoms with van der Waals surface area (Å²) < 4.78 is 5.06. The van der Waals surface area contributed by atoms with Crippen LogP contribution in [0.3, 0.4) is 0 Å². The van der Waals surface area contributed by atoms with Crippen LogP contribution in [0.25, 0.3) is 0 Å². The molecule has 4 nitrogen and oxygen atoms in total. The number of hydrogen-bond donors (Lipinski definition) is 0. The summed E-state index contributed by atoms with van der Waals surface area (Å²) >= 11 is 0. The normalized spacial score (nSPS) is 23.4. The molecule has 0 aliphatic carbocycles. The standard InChI is InChI=1S/C12H20N2O2/c1-3-16-12(15)11-6-4-5-7-14(11)9-10(2)8-13/h10-11H,3-7,9H2,1-2H3. The molecule has 0 aromatic carbocycles. The van der Waals surface area contributed by atoms with Gasteiger partial charge in [-0.2, -0.15) is 5.26 Å². The highest BCUT2D eigenvalue weighted by molar-refractivity contribution is 5.75. The maximum absolute atomic E-state index is 11.7. The van der Waals surface area contributed by atoms with Crippen LogP contribution in [0.15, 0.2) is 0 Å². The molecule has 0 radical (unpaired) electrons. The predicted molar refractivity (Wildman–Crippen MR) is 60.6 cm³/mol. The Morgan fingerprint density at radius 2 is 2.38 bits per heavy atom. The average molecular weight is 224 g/mol. The lowest BCUT2D eigenvalue weighted by atomic mass is 10.0. The van der Waals surface area contributed by atoms with Gasteiger partial charge in [0.1, 0.15) is 6.04 Å². The maximum atomic E-state index is 11.7. The van der Waals surface area contributed by atoms with Gasteiger partial charge in [-0.3, -0.25) is 9.69 Å². The van der Waals surface area contributed by atoms with Crippen molar-refractivity contribution in [3.05, 3.63) is 0 Å². The number of nitriles is 1. The van der Waals surface area contributed by atoms with E-state index in [4.69, 9.17) is 10.00 Å². The van der Waals surface area contributed by atoms with Crippen molar-refractivity contribution in [2.75, 3.05) is 19.7 Å². The van der Waals surface area contributed by atoms with Gasteiger partial charge in [0.25, 0.3) is 0 Å². The molecule has 1 aliphatic rings. The summed E-state index contributed by atoms with van der Waals surface area (Å²) in [4.78, 5) is 13.8. The Labute approximate surface area is 97.2 Å². The lowest BCUT2D eigenvalue weighted by Crippen LogP contribution is -2.47. The molecule has 1 rings (SSSR count). The summed E-state index contributed by atoms with van der Waals surface area (Å²) in [5.74, 6) is -0.164. The second-order valence-electron chi connectivity index (χ2n) is 4.29. The topological polar surface area (TPSA) is 53.3 Å². The van der Waals surface area contributed by atoms with Crippen LogP contribution < -0.4 is 0 Å². The summed E-state index contributed by atoms with van der Waals surface area (Å²) in [6, 6.07) is 2.08. The molecule has 0 N–H and O–H groups in total. The third kappa shape index (κ3) is 3.49. The van der Waals surface area contributed by atoms with Gasteiger partial charge < -0.3 is 4.74 Å². The third-order valence-corrected chi connectivity index (χ3v) is 2.90. The molecule has 2 atom stereocenters. The lowest BCUT2D eigenvalue weighted by Gasteiger charge is -2.34. The molecule has 1 saturated heterocycles. The number of ether oxygens (including phenoxy) is 1. The van der Waals surface area contributed by atoms with Crippen LogP contribution in [0.2, 0.25) is 0 Å². The maximum Gasteiger partial charge on any atom is 0.323 e. The third-order valence-electron chi connectivity index (χ3n) is 2.90. The fourth-order valence-electron chi connectivity index (χ4n) is 2.11. The molecular weight excluding hydrogens is 204 g/mol. The SMILES string of the molecule is CCOC(=O)C1CCCCN1CC(C)C#N. The van der Waals surface area contributed by atoms with E-state index in [1.54, 1.807) is 0 Å². The highest BCUT2D eigenvalue weighted by Gasteiger charge is 2.30. The van der Waals surface area contributed by atoms with Gasteiger partial charge in [0, 0.05) is 6.54 Å². The summed E-state index contributed by atoms with van der Waals surface area (Å²) in [7, 11) is 0. The zero-order chi connectivity index (χ0) is 12.0. The quantitative estimate of drug-likeness (QED) is 0.680. The van der Waals surface area contributed by atoms with Crippen molar-refractivity contribution < 1.29 is 9.53 Å². The number of carbonyl (C=O) groups is 1. The number of piperidine rings is 1. The molecular formula is C12H20N2O2. The second-order valence-corrected chi connectivity index (χ2v) is 4.29. The predicted octanol–water partition coefficient (Wildman–Crippen LogP) is 1.56. The van der Waals surface area contributed by atoms with Crippen molar-refractivity contribution in [3.8, 4) is 6.07 Å². The minimum absolute atomic E-state index is 0.0324. The molecule has 4 heteroatoms. The minimum atomic E-state index is -0.135. The van der Waals surface area contributed by atoms with Crippen LogP contribution in [0.5, 0.6) is 0 Å². The molecule has 0 aromatic rings. The summed E-state index contributed by atoms with van der Waals surface area (Å²) in [6.45, 7) is 5.70. The summed E-state index contributed by atoms with van der Waals surface area (Å²) in [5.41, 5.74) is 0. The Hall–Kier alpha value is -1.08. The summed E-state index contributed by atoms with van der Waals surface area (Å²) in [5, 5.41) is 8.80. The van der Waals surface area contributed by atoms with Gasteiger partial charge in [0.15, 0.2) is 0 Å². The molecule has 0 amide bonds. The fourth-order valence-corrected chi connectivity index (χ4v) is 2.11. The van der Waals surface area contributed by atoms with Crippen LogP contribution in [0.4, 0.5) is 0 Å². The van der Waals surface area contributed by atoms with Gasteiger partial charge in [-0.25, -0.2) is 0 Å². The van der Waals surface area contributed by atoms with E-state index >= 15 is 0 Å². The number of carbonyl (C=O) groups excluding carboxylic acids is 1. The first-order valence-electron chi connectivity index (χ1n) is 5.99. The van der Waals surface area contributed by atoms with E-state index in [2.05, 4.69) is 11.0 Å². The minimum Gasteiger partial charge on any atom is -0.465 e. The van der Waals surface area contributed by atoms with E-state index in [0.717, 1.165) is 25.8 Å². The van der Waals surface area contributed by atoms with Crippen molar-refractivity contribution in [2.45, 2.75) is 39.2 Å². The molecule has 16 heavy (non-hydrogen) atoms. The largest absolute Gasteiger partial charge is 0.465 e. The van der Waals surface area contributed by atoms with E-state index in [-0.39, 0.29) is 17.9 Å².